The van der Waals surface area contributed by atoms with E-state index in [2.05, 4.69) is 16.6 Å². The number of methoxy groups -OCH3 is 1. The molecule has 0 heterocycles. The first kappa shape index (κ1) is 12.1. The Morgan fingerprint density at radius 2 is 2.25 bits per heavy atom. The number of esters is 1. The topological polar surface area (TPSA) is 63.6 Å². The van der Waals surface area contributed by atoms with Gasteiger partial charge in [0, 0.05) is 10.9 Å². The highest BCUT2D eigenvalue weighted by molar-refractivity contribution is 6.31. The summed E-state index contributed by atoms with van der Waals surface area (Å²) >= 11 is 5.70. The molecule has 0 aliphatic carbocycles. The van der Waals surface area contributed by atoms with E-state index in [1.54, 1.807) is 0 Å². The summed E-state index contributed by atoms with van der Waals surface area (Å²) in [7, 11) is 1.19. The lowest BCUT2D eigenvalue weighted by molar-refractivity contribution is -0.133. The van der Waals surface area contributed by atoms with Gasteiger partial charge in [-0.05, 0) is 12.1 Å². The van der Waals surface area contributed by atoms with Crippen molar-refractivity contribution in [1.82, 2.24) is 0 Å². The molecule has 0 saturated heterocycles. The Morgan fingerprint density at radius 3 is 2.81 bits per heavy atom. The van der Waals surface area contributed by atoms with Gasteiger partial charge in [-0.15, -0.1) is 0 Å². The van der Waals surface area contributed by atoms with Gasteiger partial charge in [0.2, 0.25) is 0 Å². The third kappa shape index (κ3) is 2.75. The molecule has 0 aliphatic rings. The van der Waals surface area contributed by atoms with E-state index in [9.17, 15) is 14.7 Å². The lowest BCUT2D eigenvalue weighted by Crippen LogP contribution is -1.95. The molecular formula is C11H7ClO4. The molecule has 5 heteroatoms. The van der Waals surface area contributed by atoms with Crippen LogP contribution in [0.25, 0.3) is 0 Å². The molecule has 1 aromatic carbocycles. The van der Waals surface area contributed by atoms with Crippen molar-refractivity contribution >= 4 is 23.9 Å². The number of phenols is 1. The quantitative estimate of drug-likeness (QED) is 0.456. The van der Waals surface area contributed by atoms with E-state index in [-0.39, 0.29) is 21.9 Å². The Labute approximate surface area is 96.8 Å². The average Bonchev–Trinajstić information content (AvgIpc) is 2.29. The second kappa shape index (κ2) is 5.19. The van der Waals surface area contributed by atoms with Crippen LogP contribution >= 0.6 is 11.6 Å². The van der Waals surface area contributed by atoms with E-state index >= 15 is 0 Å². The van der Waals surface area contributed by atoms with Crippen LogP contribution in [0.5, 0.6) is 5.75 Å². The number of aldehydes is 1. The zero-order valence-electron chi connectivity index (χ0n) is 8.28. The average molecular weight is 239 g/mol. The number of hydrogen-bond acceptors (Lipinski definition) is 4. The number of rotatable bonds is 1. The number of ether oxygens (including phenoxy) is 1. The molecular weight excluding hydrogens is 232 g/mol. The Kier molecular flexibility index (Phi) is 3.92. The zero-order valence-corrected chi connectivity index (χ0v) is 9.04. The van der Waals surface area contributed by atoms with Crippen molar-refractivity contribution in [3.05, 3.63) is 28.3 Å². The van der Waals surface area contributed by atoms with Gasteiger partial charge in [-0.2, -0.15) is 0 Å². The summed E-state index contributed by atoms with van der Waals surface area (Å²) in [5, 5.41) is 9.80. The predicted molar refractivity (Wildman–Crippen MR) is 57.4 cm³/mol. The van der Waals surface area contributed by atoms with Crippen molar-refractivity contribution in [3.63, 3.8) is 0 Å². The van der Waals surface area contributed by atoms with Crippen LogP contribution in [0.2, 0.25) is 5.02 Å². The molecule has 0 radical (unpaired) electrons. The number of aromatic hydroxyl groups is 1. The van der Waals surface area contributed by atoms with Gasteiger partial charge in [0.25, 0.3) is 0 Å². The predicted octanol–water partition coefficient (Wildman–Crippen LogP) is 1.38. The monoisotopic (exact) mass is 238 g/mol. The van der Waals surface area contributed by atoms with Gasteiger partial charge >= 0.3 is 5.97 Å². The first-order valence-corrected chi connectivity index (χ1v) is 4.54. The number of hydrogen-bond donors (Lipinski definition) is 1. The molecule has 0 aliphatic heterocycles. The van der Waals surface area contributed by atoms with Crippen LogP contribution in [0.4, 0.5) is 0 Å². The van der Waals surface area contributed by atoms with Gasteiger partial charge < -0.3 is 9.84 Å². The molecule has 1 rings (SSSR count). The third-order valence-electron chi connectivity index (χ3n) is 1.72. The molecule has 4 nitrogen and oxygen atoms in total. The molecule has 0 aromatic heterocycles. The number of carbonyl (C=O) groups excluding carboxylic acids is 2. The van der Waals surface area contributed by atoms with Gasteiger partial charge in [0.15, 0.2) is 6.29 Å². The van der Waals surface area contributed by atoms with Crippen LogP contribution in [0.1, 0.15) is 15.9 Å². The minimum absolute atomic E-state index is 0.0154. The second-order valence-corrected chi connectivity index (χ2v) is 3.19. The summed E-state index contributed by atoms with van der Waals surface area (Å²) in [5.41, 5.74) is 0.113. The zero-order chi connectivity index (χ0) is 12.1. The van der Waals surface area contributed by atoms with Crippen molar-refractivity contribution < 1.29 is 19.4 Å². The van der Waals surface area contributed by atoms with Crippen LogP contribution in [0.15, 0.2) is 12.1 Å². The Balaban J connectivity index is 3.22. The first-order valence-electron chi connectivity index (χ1n) is 4.16. The Bertz CT molecular complexity index is 497. The molecule has 0 unspecified atom stereocenters. The maximum Gasteiger partial charge on any atom is 0.384 e. The second-order valence-electron chi connectivity index (χ2n) is 2.75. The smallest absolute Gasteiger partial charge is 0.384 e. The summed E-state index contributed by atoms with van der Waals surface area (Å²) in [6.45, 7) is 0. The fourth-order valence-electron chi connectivity index (χ4n) is 0.975. The molecule has 16 heavy (non-hydrogen) atoms. The van der Waals surface area contributed by atoms with Crippen molar-refractivity contribution in [3.8, 4) is 17.6 Å². The van der Waals surface area contributed by atoms with Crippen LogP contribution in [0, 0.1) is 11.8 Å². The van der Waals surface area contributed by atoms with Gasteiger partial charge in [0.1, 0.15) is 5.75 Å². The third-order valence-corrected chi connectivity index (χ3v) is 1.93. The maximum atomic E-state index is 10.8. The van der Waals surface area contributed by atoms with Crippen molar-refractivity contribution in [2.45, 2.75) is 0 Å². The summed E-state index contributed by atoms with van der Waals surface area (Å²) < 4.78 is 4.30. The fourth-order valence-corrected chi connectivity index (χ4v) is 1.20. The van der Waals surface area contributed by atoms with E-state index in [1.807, 2.05) is 0 Å². The number of carbonyl (C=O) groups is 2. The summed E-state index contributed by atoms with van der Waals surface area (Å²) in [6.07, 6.45) is 0.449. The molecule has 1 aromatic rings. The molecule has 0 bridgehead atoms. The highest BCUT2D eigenvalue weighted by Gasteiger charge is 2.07. The summed E-state index contributed by atoms with van der Waals surface area (Å²) in [6, 6.07) is 2.65. The molecule has 82 valence electrons. The lowest BCUT2D eigenvalue weighted by atomic mass is 10.1. The number of benzene rings is 1. The first-order chi connectivity index (χ1) is 7.58. The molecule has 0 fully saturated rings. The van der Waals surface area contributed by atoms with E-state index in [0.29, 0.717) is 6.29 Å². The molecule has 1 N–H and O–H groups in total. The van der Waals surface area contributed by atoms with Crippen LogP contribution < -0.4 is 0 Å². The van der Waals surface area contributed by atoms with Gasteiger partial charge in [-0.1, -0.05) is 17.5 Å². The van der Waals surface area contributed by atoms with Crippen molar-refractivity contribution in [2.24, 2.45) is 0 Å². The van der Waals surface area contributed by atoms with Crippen LogP contribution in [-0.4, -0.2) is 24.5 Å². The summed E-state index contributed by atoms with van der Waals surface area (Å²) in [5.74, 6) is 3.43. The van der Waals surface area contributed by atoms with Gasteiger partial charge in [0.05, 0.1) is 18.2 Å². The van der Waals surface area contributed by atoms with Crippen molar-refractivity contribution in [1.29, 1.82) is 0 Å². The standard InChI is InChI=1S/C11H7ClO4/c1-16-10(14)3-2-7-4-9(12)5-8(6-13)11(7)15/h4-6,15H,1H3. The highest BCUT2D eigenvalue weighted by Crippen LogP contribution is 2.25. The molecule has 0 atom stereocenters. The SMILES string of the molecule is COC(=O)C#Cc1cc(Cl)cc(C=O)c1O. The largest absolute Gasteiger partial charge is 0.506 e. The summed E-state index contributed by atoms with van der Waals surface area (Å²) in [4.78, 5) is 21.3. The van der Waals surface area contributed by atoms with Crippen molar-refractivity contribution in [2.75, 3.05) is 7.11 Å². The van der Waals surface area contributed by atoms with Crippen LogP contribution in [-0.2, 0) is 9.53 Å². The Hall–Kier alpha value is -1.99. The highest BCUT2D eigenvalue weighted by atomic mass is 35.5. The molecule has 0 saturated carbocycles. The lowest BCUT2D eigenvalue weighted by Gasteiger charge is -2.00. The number of halogens is 1. The van der Waals surface area contributed by atoms with E-state index in [4.69, 9.17) is 11.6 Å². The normalized spacial score (nSPS) is 8.88. The molecule has 0 amide bonds. The van der Waals surface area contributed by atoms with E-state index < -0.39 is 5.97 Å². The van der Waals surface area contributed by atoms with Crippen LogP contribution in [0.3, 0.4) is 0 Å². The van der Waals surface area contributed by atoms with E-state index in [0.717, 1.165) is 0 Å². The molecule has 0 spiro atoms. The minimum Gasteiger partial charge on any atom is -0.506 e. The maximum absolute atomic E-state index is 10.8. The van der Waals surface area contributed by atoms with E-state index in [1.165, 1.54) is 19.2 Å². The fraction of sp³-hybridized carbons (Fsp3) is 0.0909. The Morgan fingerprint density at radius 1 is 1.56 bits per heavy atom. The van der Waals surface area contributed by atoms with Gasteiger partial charge in [-0.25, -0.2) is 4.79 Å². The number of phenolic OH excluding ortho intramolecular Hbond substituents is 1. The minimum atomic E-state index is -0.743. The van der Waals surface area contributed by atoms with Gasteiger partial charge in [-0.3, -0.25) is 4.79 Å².